The number of ether oxygens (including phenoxy) is 3. The Morgan fingerprint density at radius 2 is 1.83 bits per heavy atom. The van der Waals surface area contributed by atoms with Crippen LogP contribution in [0.3, 0.4) is 0 Å². The molecule has 1 aliphatic heterocycles. The van der Waals surface area contributed by atoms with Crippen molar-refractivity contribution in [3.8, 4) is 17.2 Å². The maximum atomic E-state index is 5.91. The van der Waals surface area contributed by atoms with Gasteiger partial charge in [0.05, 0.1) is 32.2 Å². The predicted octanol–water partition coefficient (Wildman–Crippen LogP) is 4.07. The number of nitrogens with zero attached hydrogens (tertiary/aromatic N) is 3. The van der Waals surface area contributed by atoms with Crippen molar-refractivity contribution in [1.29, 1.82) is 0 Å². The molecule has 1 atom stereocenters. The molecule has 30 heavy (non-hydrogen) atoms. The molecule has 0 N–H and O–H groups in total. The summed E-state index contributed by atoms with van der Waals surface area (Å²) < 4.78 is 18.7. The zero-order valence-electron chi connectivity index (χ0n) is 17.7. The lowest BCUT2D eigenvalue weighted by Crippen LogP contribution is -2.31. The standard InChI is InChI=1S/C24H29N3O3/c1-28-23-11-10-19(13-24(23)29-2)15-26(18-22-9-6-12-30-22)16-20-14-25-27(17-20)21-7-4-3-5-8-21/h3-5,7-8,10-11,13-14,17,22H,6,9,12,15-16,18H2,1-2H3. The fraction of sp³-hybridized carbons (Fsp3) is 0.375. The Kier molecular flexibility index (Phi) is 6.67. The van der Waals surface area contributed by atoms with E-state index in [0.717, 1.165) is 56.3 Å². The van der Waals surface area contributed by atoms with E-state index in [4.69, 9.17) is 14.2 Å². The minimum Gasteiger partial charge on any atom is -0.493 e. The summed E-state index contributed by atoms with van der Waals surface area (Å²) in [6, 6.07) is 16.3. The molecular formula is C24H29N3O3. The summed E-state index contributed by atoms with van der Waals surface area (Å²) >= 11 is 0. The second-order valence-electron chi connectivity index (χ2n) is 7.62. The molecule has 2 heterocycles. The van der Waals surface area contributed by atoms with Gasteiger partial charge in [0.1, 0.15) is 0 Å². The van der Waals surface area contributed by atoms with Crippen molar-refractivity contribution in [1.82, 2.24) is 14.7 Å². The molecule has 0 spiro atoms. The van der Waals surface area contributed by atoms with E-state index in [-0.39, 0.29) is 6.10 Å². The molecule has 1 aliphatic rings. The van der Waals surface area contributed by atoms with E-state index in [0.29, 0.717) is 0 Å². The molecule has 1 fully saturated rings. The molecule has 0 bridgehead atoms. The summed E-state index contributed by atoms with van der Waals surface area (Å²) in [4.78, 5) is 2.42. The smallest absolute Gasteiger partial charge is 0.161 e. The Labute approximate surface area is 178 Å². The van der Waals surface area contributed by atoms with E-state index in [1.54, 1.807) is 14.2 Å². The van der Waals surface area contributed by atoms with Crippen LogP contribution in [0.2, 0.25) is 0 Å². The topological polar surface area (TPSA) is 48.8 Å². The van der Waals surface area contributed by atoms with Crippen LogP contribution in [0.25, 0.3) is 5.69 Å². The maximum absolute atomic E-state index is 5.91. The Hall–Kier alpha value is -2.83. The average Bonchev–Trinajstić information content (AvgIpc) is 3.46. The van der Waals surface area contributed by atoms with Crippen LogP contribution in [0.15, 0.2) is 60.9 Å². The fourth-order valence-corrected chi connectivity index (χ4v) is 3.92. The first kappa shape index (κ1) is 20.4. The average molecular weight is 408 g/mol. The van der Waals surface area contributed by atoms with Crippen LogP contribution in [0.4, 0.5) is 0 Å². The van der Waals surface area contributed by atoms with Crippen LogP contribution in [-0.2, 0) is 17.8 Å². The Morgan fingerprint density at radius 1 is 1.03 bits per heavy atom. The second kappa shape index (κ2) is 9.78. The zero-order valence-corrected chi connectivity index (χ0v) is 17.7. The van der Waals surface area contributed by atoms with Crippen LogP contribution in [-0.4, -0.2) is 48.2 Å². The van der Waals surface area contributed by atoms with Gasteiger partial charge in [-0.25, -0.2) is 4.68 Å². The summed E-state index contributed by atoms with van der Waals surface area (Å²) in [5.41, 5.74) is 3.42. The molecular weight excluding hydrogens is 378 g/mol. The number of rotatable bonds is 9. The lowest BCUT2D eigenvalue weighted by Gasteiger charge is -2.25. The van der Waals surface area contributed by atoms with Gasteiger partial charge < -0.3 is 14.2 Å². The highest BCUT2D eigenvalue weighted by Gasteiger charge is 2.20. The highest BCUT2D eigenvalue weighted by molar-refractivity contribution is 5.42. The highest BCUT2D eigenvalue weighted by Crippen LogP contribution is 2.28. The number of hydrogen-bond acceptors (Lipinski definition) is 5. The number of benzene rings is 2. The van der Waals surface area contributed by atoms with Gasteiger partial charge in [0.15, 0.2) is 11.5 Å². The third kappa shape index (κ3) is 5.01. The molecule has 2 aromatic carbocycles. The number of para-hydroxylation sites is 1. The first-order valence-electron chi connectivity index (χ1n) is 10.4. The minimum absolute atomic E-state index is 0.286. The highest BCUT2D eigenvalue weighted by atomic mass is 16.5. The molecule has 158 valence electrons. The van der Waals surface area contributed by atoms with Crippen LogP contribution in [0.1, 0.15) is 24.0 Å². The largest absolute Gasteiger partial charge is 0.493 e. The lowest BCUT2D eigenvalue weighted by atomic mass is 10.1. The quantitative estimate of drug-likeness (QED) is 0.535. The number of hydrogen-bond donors (Lipinski definition) is 0. The van der Waals surface area contributed by atoms with E-state index < -0.39 is 0 Å². The van der Waals surface area contributed by atoms with Crippen LogP contribution < -0.4 is 9.47 Å². The maximum Gasteiger partial charge on any atom is 0.161 e. The Balaban J connectivity index is 1.51. The summed E-state index contributed by atoms with van der Waals surface area (Å²) in [7, 11) is 3.33. The molecule has 3 aromatic rings. The lowest BCUT2D eigenvalue weighted by molar-refractivity contribution is 0.0679. The molecule has 0 saturated carbocycles. The van der Waals surface area contributed by atoms with Gasteiger partial charge in [0.2, 0.25) is 0 Å². The van der Waals surface area contributed by atoms with Crippen molar-refractivity contribution in [2.24, 2.45) is 0 Å². The third-order valence-electron chi connectivity index (χ3n) is 5.40. The molecule has 6 heteroatoms. The number of methoxy groups -OCH3 is 2. The van der Waals surface area contributed by atoms with Gasteiger partial charge >= 0.3 is 0 Å². The molecule has 1 aromatic heterocycles. The van der Waals surface area contributed by atoms with E-state index in [9.17, 15) is 0 Å². The monoisotopic (exact) mass is 407 g/mol. The molecule has 4 rings (SSSR count). The van der Waals surface area contributed by atoms with Crippen molar-refractivity contribution in [3.05, 3.63) is 72.1 Å². The van der Waals surface area contributed by atoms with Gasteiger partial charge in [0.25, 0.3) is 0 Å². The molecule has 6 nitrogen and oxygen atoms in total. The summed E-state index contributed by atoms with van der Waals surface area (Å²) in [6.45, 7) is 3.36. The van der Waals surface area contributed by atoms with E-state index in [1.165, 1.54) is 11.1 Å². The molecule has 0 radical (unpaired) electrons. The zero-order chi connectivity index (χ0) is 20.8. The molecule has 1 unspecified atom stereocenters. The van der Waals surface area contributed by atoms with Crippen molar-refractivity contribution in [3.63, 3.8) is 0 Å². The molecule has 1 saturated heterocycles. The van der Waals surface area contributed by atoms with Crippen LogP contribution in [0, 0.1) is 0 Å². The summed E-state index contributed by atoms with van der Waals surface area (Å²) in [6.07, 6.45) is 6.60. The predicted molar refractivity (Wildman–Crippen MR) is 116 cm³/mol. The van der Waals surface area contributed by atoms with Gasteiger partial charge in [-0.1, -0.05) is 24.3 Å². The third-order valence-corrected chi connectivity index (χ3v) is 5.40. The van der Waals surface area contributed by atoms with Crippen LogP contribution in [0.5, 0.6) is 11.5 Å². The normalized spacial score (nSPS) is 16.2. The van der Waals surface area contributed by atoms with Gasteiger partial charge in [0, 0.05) is 38.0 Å². The van der Waals surface area contributed by atoms with Gasteiger partial charge in [-0.15, -0.1) is 0 Å². The van der Waals surface area contributed by atoms with Gasteiger partial charge in [-0.3, -0.25) is 4.90 Å². The fourth-order valence-electron chi connectivity index (χ4n) is 3.92. The van der Waals surface area contributed by atoms with Gasteiger partial charge in [-0.05, 0) is 42.7 Å². The van der Waals surface area contributed by atoms with Crippen molar-refractivity contribution in [2.45, 2.75) is 32.0 Å². The molecule has 0 amide bonds. The van der Waals surface area contributed by atoms with Gasteiger partial charge in [-0.2, -0.15) is 5.10 Å². The van der Waals surface area contributed by atoms with Crippen LogP contribution >= 0.6 is 0 Å². The molecule has 0 aliphatic carbocycles. The minimum atomic E-state index is 0.286. The SMILES string of the molecule is COc1ccc(CN(Cc2cnn(-c3ccccc3)c2)CC2CCCO2)cc1OC. The number of aromatic nitrogens is 2. The van der Waals surface area contributed by atoms with Crippen molar-refractivity contribution >= 4 is 0 Å². The first-order valence-corrected chi connectivity index (χ1v) is 10.4. The van der Waals surface area contributed by atoms with E-state index >= 15 is 0 Å². The van der Waals surface area contributed by atoms with E-state index in [1.807, 2.05) is 35.1 Å². The Morgan fingerprint density at radius 3 is 2.57 bits per heavy atom. The van der Waals surface area contributed by atoms with Crippen molar-refractivity contribution < 1.29 is 14.2 Å². The van der Waals surface area contributed by atoms with Crippen molar-refractivity contribution in [2.75, 3.05) is 27.4 Å². The Bertz CT molecular complexity index is 936. The van der Waals surface area contributed by atoms with E-state index in [2.05, 4.69) is 40.5 Å². The summed E-state index contributed by atoms with van der Waals surface area (Å²) in [5.74, 6) is 1.50. The second-order valence-corrected chi connectivity index (χ2v) is 7.62. The summed E-state index contributed by atoms with van der Waals surface area (Å²) in [5, 5.41) is 4.55. The first-order chi connectivity index (χ1) is 14.7.